The molecular weight excluding hydrogens is 341 g/mol. The third-order valence-corrected chi connectivity index (χ3v) is 6.15. The first-order valence-corrected chi connectivity index (χ1v) is 9.86. The summed E-state index contributed by atoms with van der Waals surface area (Å²) in [5, 5.41) is 0. The number of amides is 1. The summed E-state index contributed by atoms with van der Waals surface area (Å²) in [6.07, 6.45) is 3.40. The quantitative estimate of drug-likeness (QED) is 0.891. The van der Waals surface area contributed by atoms with Gasteiger partial charge in [-0.2, -0.15) is 0 Å². The molecule has 4 rings (SSSR count). The van der Waals surface area contributed by atoms with E-state index >= 15 is 0 Å². The van der Waals surface area contributed by atoms with Gasteiger partial charge in [0.2, 0.25) is 0 Å². The molecule has 144 valence electrons. The summed E-state index contributed by atoms with van der Waals surface area (Å²) in [6, 6.07) is 8.84. The molecule has 2 aliphatic rings. The van der Waals surface area contributed by atoms with E-state index in [1.54, 1.807) is 0 Å². The molecule has 0 aliphatic carbocycles. The predicted octanol–water partition coefficient (Wildman–Crippen LogP) is 3.90. The first kappa shape index (κ1) is 18.2. The van der Waals surface area contributed by atoms with E-state index in [-0.39, 0.29) is 17.1 Å². The fourth-order valence-corrected chi connectivity index (χ4v) is 4.84. The van der Waals surface area contributed by atoms with Crippen LogP contribution in [0.1, 0.15) is 46.6 Å². The van der Waals surface area contributed by atoms with Crippen LogP contribution in [0, 0.1) is 25.1 Å². The number of benzene rings is 1. The largest absolute Gasteiger partial charge is 0.354 e. The van der Waals surface area contributed by atoms with Crippen molar-refractivity contribution in [3.8, 4) is 0 Å². The van der Waals surface area contributed by atoms with E-state index in [0.29, 0.717) is 0 Å². The van der Waals surface area contributed by atoms with Crippen LogP contribution in [0.4, 0.5) is 4.39 Å². The number of nitrogens with zero attached hydrogens (tertiary/aromatic N) is 2. The molecule has 2 saturated heterocycles. The molecule has 1 aromatic carbocycles. The summed E-state index contributed by atoms with van der Waals surface area (Å²) >= 11 is 0. The first-order valence-electron chi connectivity index (χ1n) is 9.86. The summed E-state index contributed by atoms with van der Waals surface area (Å²) in [5.41, 5.74) is 4.15. The van der Waals surface area contributed by atoms with Crippen LogP contribution in [0.2, 0.25) is 0 Å². The van der Waals surface area contributed by atoms with Crippen LogP contribution < -0.4 is 0 Å². The molecule has 1 unspecified atom stereocenters. The smallest absolute Gasteiger partial charge is 0.270 e. The second-order valence-electron chi connectivity index (χ2n) is 8.43. The highest BCUT2D eigenvalue weighted by Crippen LogP contribution is 2.40. The summed E-state index contributed by atoms with van der Waals surface area (Å²) in [7, 11) is 0. The molecule has 2 aliphatic heterocycles. The monoisotopic (exact) mass is 369 g/mol. The summed E-state index contributed by atoms with van der Waals surface area (Å²) < 4.78 is 13.1. The standard InChI is InChI=1S/C22H28FN3O/c1-16-12-17(2)24-20(16)21(27)26-11-9-22(15-26)8-3-10-25(14-22)13-18-4-6-19(23)7-5-18/h4-7,12,24H,3,8-11,13-15H2,1-2H3. The fourth-order valence-electron chi connectivity index (χ4n) is 4.84. The molecule has 1 atom stereocenters. The lowest BCUT2D eigenvalue weighted by Gasteiger charge is -2.40. The van der Waals surface area contributed by atoms with Gasteiger partial charge < -0.3 is 9.88 Å². The Morgan fingerprint density at radius 2 is 1.93 bits per heavy atom. The van der Waals surface area contributed by atoms with E-state index < -0.39 is 0 Å². The van der Waals surface area contributed by atoms with Gasteiger partial charge >= 0.3 is 0 Å². The molecule has 1 aromatic heterocycles. The zero-order valence-electron chi connectivity index (χ0n) is 16.2. The maximum Gasteiger partial charge on any atom is 0.270 e. The van der Waals surface area contributed by atoms with E-state index in [9.17, 15) is 9.18 Å². The Morgan fingerprint density at radius 1 is 1.15 bits per heavy atom. The number of halogens is 1. The van der Waals surface area contributed by atoms with Crippen molar-refractivity contribution in [2.45, 2.75) is 39.7 Å². The van der Waals surface area contributed by atoms with Crippen LogP contribution in [-0.4, -0.2) is 46.9 Å². The van der Waals surface area contributed by atoms with Gasteiger partial charge in [-0.1, -0.05) is 12.1 Å². The summed E-state index contributed by atoms with van der Waals surface area (Å²) in [4.78, 5) is 20.7. The summed E-state index contributed by atoms with van der Waals surface area (Å²) in [6.45, 7) is 8.59. The molecule has 1 amide bonds. The van der Waals surface area contributed by atoms with Gasteiger partial charge in [0, 0.05) is 37.3 Å². The number of hydrogen-bond donors (Lipinski definition) is 1. The van der Waals surface area contributed by atoms with Crippen molar-refractivity contribution >= 4 is 5.91 Å². The van der Waals surface area contributed by atoms with Crippen molar-refractivity contribution in [2.75, 3.05) is 26.2 Å². The van der Waals surface area contributed by atoms with Gasteiger partial charge in [-0.25, -0.2) is 4.39 Å². The molecule has 0 saturated carbocycles. The number of aromatic amines is 1. The highest BCUT2D eigenvalue weighted by molar-refractivity contribution is 5.94. The van der Waals surface area contributed by atoms with Gasteiger partial charge in [0.1, 0.15) is 11.5 Å². The molecular formula is C22H28FN3O. The third-order valence-electron chi connectivity index (χ3n) is 6.15. The van der Waals surface area contributed by atoms with Gasteiger partial charge in [0.05, 0.1) is 0 Å². The SMILES string of the molecule is Cc1cc(C)c(C(=O)N2CCC3(CCCN(Cc4ccc(F)cc4)C3)C2)[nH]1. The van der Waals surface area contributed by atoms with Crippen molar-refractivity contribution in [1.29, 1.82) is 0 Å². The first-order chi connectivity index (χ1) is 12.9. The highest BCUT2D eigenvalue weighted by atomic mass is 19.1. The lowest BCUT2D eigenvalue weighted by Crippen LogP contribution is -2.45. The van der Waals surface area contributed by atoms with Crippen LogP contribution in [0.15, 0.2) is 30.3 Å². The molecule has 1 spiro atoms. The third kappa shape index (κ3) is 3.79. The number of aryl methyl sites for hydroxylation is 2. The molecule has 2 aromatic rings. The minimum Gasteiger partial charge on any atom is -0.354 e. The number of carbonyl (C=O) groups is 1. The van der Waals surface area contributed by atoms with Crippen molar-refractivity contribution in [3.05, 3.63) is 58.7 Å². The molecule has 1 N–H and O–H groups in total. The normalized spacial score (nSPS) is 23.3. The van der Waals surface area contributed by atoms with E-state index in [4.69, 9.17) is 0 Å². The number of hydrogen-bond acceptors (Lipinski definition) is 2. The lowest BCUT2D eigenvalue weighted by atomic mass is 9.79. The fraction of sp³-hybridized carbons (Fsp3) is 0.500. The topological polar surface area (TPSA) is 39.3 Å². The number of H-pyrrole nitrogens is 1. The van der Waals surface area contributed by atoms with E-state index in [1.807, 2.05) is 36.9 Å². The second kappa shape index (κ2) is 7.12. The molecule has 0 radical (unpaired) electrons. The molecule has 3 heterocycles. The van der Waals surface area contributed by atoms with Gasteiger partial charge in [-0.3, -0.25) is 9.69 Å². The van der Waals surface area contributed by atoms with Crippen molar-refractivity contribution in [2.24, 2.45) is 5.41 Å². The van der Waals surface area contributed by atoms with Gasteiger partial charge in [-0.15, -0.1) is 0 Å². The van der Waals surface area contributed by atoms with Crippen LogP contribution in [0.5, 0.6) is 0 Å². The van der Waals surface area contributed by atoms with Gasteiger partial charge in [0.25, 0.3) is 5.91 Å². The minimum atomic E-state index is -0.186. The van der Waals surface area contributed by atoms with E-state index in [2.05, 4.69) is 9.88 Å². The van der Waals surface area contributed by atoms with Gasteiger partial charge in [-0.05, 0) is 69.0 Å². The van der Waals surface area contributed by atoms with Gasteiger partial charge in [0.15, 0.2) is 0 Å². The van der Waals surface area contributed by atoms with Crippen LogP contribution in [0.3, 0.4) is 0 Å². The number of piperidine rings is 1. The number of likely N-dealkylation sites (tertiary alicyclic amines) is 2. The molecule has 0 bridgehead atoms. The highest BCUT2D eigenvalue weighted by Gasteiger charge is 2.43. The Kier molecular flexibility index (Phi) is 4.81. The average Bonchev–Trinajstić information content (AvgIpc) is 3.19. The zero-order chi connectivity index (χ0) is 19.0. The Bertz CT molecular complexity index is 829. The van der Waals surface area contributed by atoms with Crippen molar-refractivity contribution < 1.29 is 9.18 Å². The average molecular weight is 369 g/mol. The molecule has 27 heavy (non-hydrogen) atoms. The number of carbonyl (C=O) groups excluding carboxylic acids is 1. The van der Waals surface area contributed by atoms with Crippen molar-refractivity contribution in [3.63, 3.8) is 0 Å². The van der Waals surface area contributed by atoms with Crippen LogP contribution in [0.25, 0.3) is 0 Å². The number of nitrogens with one attached hydrogen (secondary N) is 1. The lowest BCUT2D eigenvalue weighted by molar-refractivity contribution is 0.0671. The Hall–Kier alpha value is -2.14. The number of rotatable bonds is 3. The Balaban J connectivity index is 1.42. The minimum absolute atomic E-state index is 0.133. The molecule has 5 heteroatoms. The summed E-state index contributed by atoms with van der Waals surface area (Å²) in [5.74, 6) is -0.0539. The maximum atomic E-state index is 13.1. The van der Waals surface area contributed by atoms with Crippen LogP contribution in [-0.2, 0) is 6.54 Å². The Labute approximate surface area is 160 Å². The predicted molar refractivity (Wildman–Crippen MR) is 104 cm³/mol. The van der Waals surface area contributed by atoms with Crippen molar-refractivity contribution in [1.82, 2.24) is 14.8 Å². The molecule has 4 nitrogen and oxygen atoms in total. The Morgan fingerprint density at radius 3 is 2.63 bits per heavy atom. The second-order valence-corrected chi connectivity index (χ2v) is 8.43. The zero-order valence-corrected chi connectivity index (χ0v) is 16.2. The molecule has 2 fully saturated rings. The van der Waals surface area contributed by atoms with E-state index in [0.717, 1.165) is 68.1 Å². The maximum absolute atomic E-state index is 13.1. The van der Waals surface area contributed by atoms with E-state index in [1.165, 1.54) is 18.6 Å². The number of aromatic nitrogens is 1. The van der Waals surface area contributed by atoms with Crippen LogP contribution >= 0.6 is 0 Å².